The predicted octanol–water partition coefficient (Wildman–Crippen LogP) is 11.2. The van der Waals surface area contributed by atoms with Crippen LogP contribution in [-0.2, 0) is 0 Å². The summed E-state index contributed by atoms with van der Waals surface area (Å²) in [7, 11) is 0. The van der Waals surface area contributed by atoms with E-state index in [1.807, 2.05) is 24.5 Å². The van der Waals surface area contributed by atoms with Gasteiger partial charge < -0.3 is 13.9 Å². The Morgan fingerprint density at radius 3 is 2.11 bits per heavy atom. The fourth-order valence-corrected chi connectivity index (χ4v) is 7.31. The van der Waals surface area contributed by atoms with Crippen molar-refractivity contribution in [3.63, 3.8) is 0 Å². The number of para-hydroxylation sites is 3. The van der Waals surface area contributed by atoms with Gasteiger partial charge in [-0.1, -0.05) is 91.0 Å². The Morgan fingerprint density at radius 2 is 1.22 bits per heavy atom. The van der Waals surface area contributed by atoms with Crippen molar-refractivity contribution in [1.29, 1.82) is 0 Å². The van der Waals surface area contributed by atoms with Crippen molar-refractivity contribution in [2.75, 3.05) is 4.90 Å². The molecular weight excluding hydrogens is 550 g/mol. The minimum Gasteiger partial charge on any atom is -0.456 e. The summed E-state index contributed by atoms with van der Waals surface area (Å²) in [5.41, 5.74) is 13.3. The van der Waals surface area contributed by atoms with Crippen molar-refractivity contribution in [3.05, 3.63) is 152 Å². The summed E-state index contributed by atoms with van der Waals surface area (Å²) >= 11 is 0. The monoisotopic (exact) mass is 575 g/mol. The Balaban J connectivity index is 1.41. The second-order valence-corrected chi connectivity index (χ2v) is 11.6. The first-order valence-corrected chi connectivity index (χ1v) is 15.2. The van der Waals surface area contributed by atoms with Crippen LogP contribution in [0.2, 0.25) is 0 Å². The SMILES string of the molecule is c1ccc(N2c3ccccc3-c3ccccc3-c3ccc4c5cnccc5n(-c5ccc6oc7ccccc7c6c5)c4c32)cc1. The topological polar surface area (TPSA) is 34.2 Å². The van der Waals surface area contributed by atoms with Crippen LogP contribution >= 0.6 is 0 Å². The Morgan fingerprint density at radius 1 is 0.489 bits per heavy atom. The Kier molecular flexibility index (Phi) is 4.96. The van der Waals surface area contributed by atoms with Crippen LogP contribution < -0.4 is 4.90 Å². The van der Waals surface area contributed by atoms with E-state index in [9.17, 15) is 0 Å². The molecule has 45 heavy (non-hydrogen) atoms. The molecule has 0 N–H and O–H groups in total. The lowest BCUT2D eigenvalue weighted by molar-refractivity contribution is 0.669. The van der Waals surface area contributed by atoms with Crippen LogP contribution in [0.5, 0.6) is 0 Å². The van der Waals surface area contributed by atoms with Crippen LogP contribution in [-0.4, -0.2) is 9.55 Å². The molecule has 0 fully saturated rings. The second kappa shape index (κ2) is 9.18. The van der Waals surface area contributed by atoms with E-state index in [0.717, 1.165) is 66.5 Å². The first-order chi connectivity index (χ1) is 22.3. The van der Waals surface area contributed by atoms with Gasteiger partial charge in [0.1, 0.15) is 11.2 Å². The largest absolute Gasteiger partial charge is 0.456 e. The highest BCUT2D eigenvalue weighted by molar-refractivity contribution is 6.19. The number of benzene rings is 6. The molecule has 3 aromatic heterocycles. The lowest BCUT2D eigenvalue weighted by atomic mass is 9.94. The molecule has 9 aromatic rings. The zero-order valence-electron chi connectivity index (χ0n) is 24.2. The van der Waals surface area contributed by atoms with Crippen LogP contribution in [0, 0.1) is 0 Å². The molecule has 4 nitrogen and oxygen atoms in total. The second-order valence-electron chi connectivity index (χ2n) is 11.6. The summed E-state index contributed by atoms with van der Waals surface area (Å²) in [5, 5.41) is 4.49. The normalized spacial score (nSPS) is 12.4. The van der Waals surface area contributed by atoms with E-state index in [4.69, 9.17) is 4.42 Å². The van der Waals surface area contributed by atoms with E-state index in [1.165, 1.54) is 22.3 Å². The average Bonchev–Trinajstić information content (AvgIpc) is 3.61. The first kappa shape index (κ1) is 24.3. The average molecular weight is 576 g/mol. The van der Waals surface area contributed by atoms with Gasteiger partial charge in [-0.25, -0.2) is 0 Å². The van der Waals surface area contributed by atoms with Gasteiger partial charge in [-0.15, -0.1) is 0 Å². The summed E-state index contributed by atoms with van der Waals surface area (Å²) in [6, 6.07) is 49.8. The van der Waals surface area contributed by atoms with Gasteiger partial charge in [-0.05, 0) is 59.7 Å². The van der Waals surface area contributed by atoms with E-state index in [1.54, 1.807) is 0 Å². The Bertz CT molecular complexity index is 2610. The fraction of sp³-hybridized carbons (Fsp3) is 0. The summed E-state index contributed by atoms with van der Waals surface area (Å²) in [4.78, 5) is 7.04. The number of pyridine rings is 1. The van der Waals surface area contributed by atoms with Gasteiger partial charge >= 0.3 is 0 Å². The zero-order chi connectivity index (χ0) is 29.5. The molecule has 0 saturated heterocycles. The lowest BCUT2D eigenvalue weighted by Crippen LogP contribution is -2.12. The molecule has 1 aliphatic rings. The highest BCUT2D eigenvalue weighted by atomic mass is 16.3. The van der Waals surface area contributed by atoms with Crippen molar-refractivity contribution >= 4 is 60.8 Å². The van der Waals surface area contributed by atoms with E-state index < -0.39 is 0 Å². The quantitative estimate of drug-likeness (QED) is 0.206. The third kappa shape index (κ3) is 3.39. The van der Waals surface area contributed by atoms with Crippen LogP contribution in [0.15, 0.2) is 156 Å². The number of aromatic nitrogens is 2. The van der Waals surface area contributed by atoms with E-state index in [-0.39, 0.29) is 0 Å². The summed E-state index contributed by atoms with van der Waals surface area (Å²) < 4.78 is 8.65. The predicted molar refractivity (Wildman–Crippen MR) is 185 cm³/mol. The molecular formula is C41H25N3O. The van der Waals surface area contributed by atoms with Crippen molar-refractivity contribution in [3.8, 4) is 27.9 Å². The molecule has 4 heterocycles. The van der Waals surface area contributed by atoms with Gasteiger partial charge in [0.05, 0.1) is 22.4 Å². The maximum absolute atomic E-state index is 6.23. The van der Waals surface area contributed by atoms with Gasteiger partial charge in [0.25, 0.3) is 0 Å². The smallest absolute Gasteiger partial charge is 0.135 e. The van der Waals surface area contributed by atoms with Crippen LogP contribution in [0.3, 0.4) is 0 Å². The number of anilines is 3. The molecule has 0 radical (unpaired) electrons. The molecule has 6 aromatic carbocycles. The van der Waals surface area contributed by atoms with Gasteiger partial charge in [0.15, 0.2) is 0 Å². The molecule has 0 bridgehead atoms. The molecule has 0 unspecified atom stereocenters. The van der Waals surface area contributed by atoms with Crippen molar-refractivity contribution in [2.45, 2.75) is 0 Å². The maximum Gasteiger partial charge on any atom is 0.135 e. The van der Waals surface area contributed by atoms with Crippen LogP contribution in [0.25, 0.3) is 71.7 Å². The summed E-state index contributed by atoms with van der Waals surface area (Å²) in [6.07, 6.45) is 3.89. The van der Waals surface area contributed by atoms with Crippen LogP contribution in [0.4, 0.5) is 17.1 Å². The standard InChI is InChI=1S/C41H25N3O/c1-2-10-26(11-3-1)43-36-16-8-6-14-30(36)28-12-4-5-13-29(28)32-19-20-33-35-25-42-23-22-37(35)44(41(33)40(32)43)27-18-21-39-34(24-27)31-15-7-9-17-38(31)45-39/h1-25H. The van der Waals surface area contributed by atoms with Crippen molar-refractivity contribution in [2.24, 2.45) is 0 Å². The molecule has 0 saturated carbocycles. The van der Waals surface area contributed by atoms with Gasteiger partial charge in [-0.2, -0.15) is 0 Å². The minimum absolute atomic E-state index is 0.884. The molecule has 0 amide bonds. The Hall–Kier alpha value is -6.13. The molecule has 0 aliphatic carbocycles. The van der Waals surface area contributed by atoms with Crippen LogP contribution in [0.1, 0.15) is 0 Å². The zero-order valence-corrected chi connectivity index (χ0v) is 24.2. The third-order valence-corrected chi connectivity index (χ3v) is 9.21. The maximum atomic E-state index is 6.23. The highest BCUT2D eigenvalue weighted by Gasteiger charge is 2.30. The van der Waals surface area contributed by atoms with Gasteiger partial charge in [-0.3, -0.25) is 4.98 Å². The van der Waals surface area contributed by atoms with Gasteiger partial charge in [0, 0.05) is 56.4 Å². The molecule has 1 aliphatic heterocycles. The summed E-state index contributed by atoms with van der Waals surface area (Å²) in [6.45, 7) is 0. The number of hydrogen-bond acceptors (Lipinski definition) is 3. The van der Waals surface area contributed by atoms with E-state index in [2.05, 4.69) is 142 Å². The number of furan rings is 1. The lowest BCUT2D eigenvalue weighted by Gasteiger charge is -2.28. The minimum atomic E-state index is 0.884. The third-order valence-electron chi connectivity index (χ3n) is 9.21. The van der Waals surface area contributed by atoms with Gasteiger partial charge in [0.2, 0.25) is 0 Å². The molecule has 0 atom stereocenters. The Labute approximate surface area is 259 Å². The van der Waals surface area contributed by atoms with E-state index in [0.29, 0.717) is 0 Å². The first-order valence-electron chi connectivity index (χ1n) is 15.2. The molecule has 210 valence electrons. The fourth-order valence-electron chi connectivity index (χ4n) is 7.31. The number of nitrogens with zero attached hydrogens (tertiary/aromatic N) is 3. The number of fused-ring (bicyclic) bond motifs is 12. The van der Waals surface area contributed by atoms with Crippen molar-refractivity contribution < 1.29 is 4.42 Å². The highest BCUT2D eigenvalue weighted by Crippen LogP contribution is 2.54. The molecule has 10 rings (SSSR count). The van der Waals surface area contributed by atoms with E-state index >= 15 is 0 Å². The van der Waals surface area contributed by atoms with Crippen molar-refractivity contribution in [1.82, 2.24) is 9.55 Å². The molecule has 0 spiro atoms. The summed E-state index contributed by atoms with van der Waals surface area (Å²) in [5.74, 6) is 0. The molecule has 4 heteroatoms. The number of rotatable bonds is 2. The number of hydrogen-bond donors (Lipinski definition) is 0.